The Bertz CT molecular complexity index is 896. The lowest BCUT2D eigenvalue weighted by Crippen LogP contribution is -2.17. The zero-order chi connectivity index (χ0) is 17.5. The average molecular weight is 330 g/mol. The molecule has 5 nitrogen and oxygen atoms in total. The molecule has 0 aliphatic rings. The van der Waals surface area contributed by atoms with E-state index in [0.29, 0.717) is 5.69 Å². The second-order valence-electron chi connectivity index (χ2n) is 5.53. The summed E-state index contributed by atoms with van der Waals surface area (Å²) in [5.41, 5.74) is 6.54. The number of rotatable bonds is 5. The molecule has 1 heterocycles. The first-order chi connectivity index (χ1) is 12.2. The van der Waals surface area contributed by atoms with E-state index >= 15 is 0 Å². The molecule has 1 amide bonds. The molecule has 0 fully saturated rings. The molecule has 5 heteroatoms. The van der Waals surface area contributed by atoms with E-state index in [1.807, 2.05) is 73.7 Å². The van der Waals surface area contributed by atoms with Crippen molar-refractivity contribution >= 4 is 18.2 Å². The number of nitrogens with one attached hydrogen (secondary N) is 2. The summed E-state index contributed by atoms with van der Waals surface area (Å²) in [6, 6.07) is 21.3. The van der Waals surface area contributed by atoms with Crippen molar-refractivity contribution in [2.24, 2.45) is 5.10 Å². The molecule has 0 aliphatic carbocycles. The van der Waals surface area contributed by atoms with Crippen molar-refractivity contribution in [3.05, 3.63) is 83.6 Å². The van der Waals surface area contributed by atoms with Crippen LogP contribution in [0.25, 0.3) is 17.3 Å². The molecule has 3 rings (SSSR count). The first kappa shape index (κ1) is 16.4. The highest BCUT2D eigenvalue weighted by molar-refractivity contribution is 5.94. The van der Waals surface area contributed by atoms with Crippen molar-refractivity contribution in [3.8, 4) is 11.3 Å². The number of H-pyrrole nitrogens is 1. The number of allylic oxidation sites excluding steroid dienone is 1. The molecule has 0 spiro atoms. The van der Waals surface area contributed by atoms with E-state index in [4.69, 9.17) is 0 Å². The van der Waals surface area contributed by atoms with Gasteiger partial charge >= 0.3 is 0 Å². The van der Waals surface area contributed by atoms with Crippen LogP contribution < -0.4 is 5.43 Å². The third kappa shape index (κ3) is 4.51. The van der Waals surface area contributed by atoms with Gasteiger partial charge in [0.2, 0.25) is 0 Å². The minimum atomic E-state index is -0.335. The van der Waals surface area contributed by atoms with Crippen LogP contribution in [0.1, 0.15) is 23.0 Å². The van der Waals surface area contributed by atoms with Gasteiger partial charge in [-0.05, 0) is 24.1 Å². The molecule has 3 aromatic rings. The number of hydrazone groups is 1. The fourth-order valence-corrected chi connectivity index (χ4v) is 2.30. The maximum absolute atomic E-state index is 12.1. The van der Waals surface area contributed by atoms with E-state index in [1.165, 1.54) is 0 Å². The maximum Gasteiger partial charge on any atom is 0.289 e. The van der Waals surface area contributed by atoms with Crippen LogP contribution >= 0.6 is 0 Å². The van der Waals surface area contributed by atoms with Gasteiger partial charge in [0.15, 0.2) is 0 Å². The summed E-state index contributed by atoms with van der Waals surface area (Å²) in [5.74, 6) is -0.335. The van der Waals surface area contributed by atoms with Crippen LogP contribution in [0.15, 0.2) is 77.4 Å². The summed E-state index contributed by atoms with van der Waals surface area (Å²) in [7, 11) is 0. The minimum absolute atomic E-state index is 0.335. The van der Waals surface area contributed by atoms with Crippen LogP contribution in [0.5, 0.6) is 0 Å². The Morgan fingerprint density at radius 1 is 1.08 bits per heavy atom. The van der Waals surface area contributed by atoms with Crippen LogP contribution in [0, 0.1) is 0 Å². The lowest BCUT2D eigenvalue weighted by molar-refractivity contribution is 0.0950. The number of carbonyl (C=O) groups excluding carboxylic acids is 1. The SMILES string of the molecule is CC(/C=N\NC(=O)c1cc(-c2ccccc2)n[nH]1)=C\c1ccccc1. The van der Waals surface area contributed by atoms with E-state index < -0.39 is 0 Å². The Hall–Kier alpha value is -3.47. The topological polar surface area (TPSA) is 70.1 Å². The largest absolute Gasteiger partial charge is 0.289 e. The molecule has 2 aromatic carbocycles. The molecule has 0 saturated heterocycles. The number of carbonyl (C=O) groups is 1. The second kappa shape index (κ2) is 7.88. The standard InChI is InChI=1S/C20H18N4O/c1-15(12-16-8-4-2-5-9-16)14-21-24-20(25)19-13-18(22-23-19)17-10-6-3-7-11-17/h2-14H,1H3,(H,22,23)(H,24,25)/b15-12+,21-14-. The number of aromatic amines is 1. The molecule has 0 bridgehead atoms. The van der Waals surface area contributed by atoms with Gasteiger partial charge in [-0.15, -0.1) is 0 Å². The second-order valence-corrected chi connectivity index (χ2v) is 5.53. The van der Waals surface area contributed by atoms with Crippen LogP contribution in [0.4, 0.5) is 0 Å². The average Bonchev–Trinajstić information content (AvgIpc) is 3.13. The van der Waals surface area contributed by atoms with Crippen molar-refractivity contribution in [1.29, 1.82) is 0 Å². The highest BCUT2D eigenvalue weighted by atomic mass is 16.2. The summed E-state index contributed by atoms with van der Waals surface area (Å²) in [6.45, 7) is 1.92. The molecular weight excluding hydrogens is 312 g/mol. The Morgan fingerprint density at radius 3 is 2.48 bits per heavy atom. The summed E-state index contributed by atoms with van der Waals surface area (Å²) in [4.78, 5) is 12.1. The molecule has 2 N–H and O–H groups in total. The highest BCUT2D eigenvalue weighted by Gasteiger charge is 2.09. The van der Waals surface area contributed by atoms with Crippen LogP contribution in [0.2, 0.25) is 0 Å². The third-order valence-electron chi connectivity index (χ3n) is 3.52. The van der Waals surface area contributed by atoms with Gasteiger partial charge in [-0.1, -0.05) is 66.7 Å². The molecule has 0 aliphatic heterocycles. The number of benzene rings is 2. The van der Waals surface area contributed by atoms with E-state index in [2.05, 4.69) is 20.7 Å². The van der Waals surface area contributed by atoms with E-state index in [0.717, 1.165) is 22.4 Å². The van der Waals surface area contributed by atoms with Gasteiger partial charge in [0.25, 0.3) is 5.91 Å². The summed E-state index contributed by atoms with van der Waals surface area (Å²) in [5, 5.41) is 10.9. The molecule has 0 atom stereocenters. The Morgan fingerprint density at radius 2 is 1.76 bits per heavy atom. The van der Waals surface area contributed by atoms with Gasteiger partial charge in [0, 0.05) is 5.56 Å². The summed E-state index contributed by atoms with van der Waals surface area (Å²) < 4.78 is 0. The van der Waals surface area contributed by atoms with Crippen LogP contribution in [-0.2, 0) is 0 Å². The number of aromatic nitrogens is 2. The smallest absolute Gasteiger partial charge is 0.272 e. The lowest BCUT2D eigenvalue weighted by Gasteiger charge is -1.97. The zero-order valence-corrected chi connectivity index (χ0v) is 13.8. The minimum Gasteiger partial charge on any atom is -0.272 e. The van der Waals surface area contributed by atoms with Gasteiger partial charge in [-0.2, -0.15) is 10.2 Å². The zero-order valence-electron chi connectivity index (χ0n) is 13.8. The predicted octanol–water partition coefficient (Wildman–Crippen LogP) is 3.90. The maximum atomic E-state index is 12.1. The van der Waals surface area contributed by atoms with Gasteiger partial charge < -0.3 is 0 Å². The van der Waals surface area contributed by atoms with Gasteiger partial charge in [0.05, 0.1) is 11.9 Å². The first-order valence-electron chi connectivity index (χ1n) is 7.90. The Kier molecular flexibility index (Phi) is 5.16. The highest BCUT2D eigenvalue weighted by Crippen LogP contribution is 2.16. The Labute approximate surface area is 146 Å². The molecule has 0 saturated carbocycles. The molecule has 124 valence electrons. The lowest BCUT2D eigenvalue weighted by atomic mass is 10.1. The van der Waals surface area contributed by atoms with E-state index in [9.17, 15) is 4.79 Å². The number of nitrogens with zero attached hydrogens (tertiary/aromatic N) is 2. The first-order valence-corrected chi connectivity index (χ1v) is 7.90. The summed E-state index contributed by atoms with van der Waals surface area (Å²) in [6.07, 6.45) is 3.60. The van der Waals surface area contributed by atoms with Crippen molar-refractivity contribution in [2.45, 2.75) is 6.92 Å². The fourth-order valence-electron chi connectivity index (χ4n) is 2.30. The van der Waals surface area contributed by atoms with Crippen molar-refractivity contribution in [2.75, 3.05) is 0 Å². The number of amides is 1. The quantitative estimate of drug-likeness (QED) is 0.550. The fraction of sp³-hybridized carbons (Fsp3) is 0.0500. The van der Waals surface area contributed by atoms with Gasteiger partial charge in [0.1, 0.15) is 5.69 Å². The van der Waals surface area contributed by atoms with Crippen LogP contribution in [0.3, 0.4) is 0 Å². The predicted molar refractivity (Wildman–Crippen MR) is 100 cm³/mol. The normalized spacial score (nSPS) is 11.6. The van der Waals surface area contributed by atoms with Gasteiger partial charge in [-0.3, -0.25) is 9.89 Å². The molecule has 1 aromatic heterocycles. The van der Waals surface area contributed by atoms with Crippen molar-refractivity contribution in [3.63, 3.8) is 0 Å². The van der Waals surface area contributed by atoms with E-state index in [1.54, 1.807) is 12.3 Å². The van der Waals surface area contributed by atoms with E-state index in [-0.39, 0.29) is 5.91 Å². The van der Waals surface area contributed by atoms with Crippen molar-refractivity contribution < 1.29 is 4.79 Å². The van der Waals surface area contributed by atoms with Crippen molar-refractivity contribution in [1.82, 2.24) is 15.6 Å². The summed E-state index contributed by atoms with van der Waals surface area (Å²) >= 11 is 0. The van der Waals surface area contributed by atoms with Gasteiger partial charge in [-0.25, -0.2) is 5.43 Å². The molecule has 0 unspecified atom stereocenters. The number of hydrogen-bond donors (Lipinski definition) is 2. The molecule has 0 radical (unpaired) electrons. The number of hydrogen-bond acceptors (Lipinski definition) is 3. The third-order valence-corrected chi connectivity index (χ3v) is 3.52. The molecular formula is C20H18N4O. The Balaban J connectivity index is 1.61. The molecule has 25 heavy (non-hydrogen) atoms. The monoisotopic (exact) mass is 330 g/mol. The van der Waals surface area contributed by atoms with Crippen LogP contribution in [-0.4, -0.2) is 22.3 Å².